The fourth-order valence-corrected chi connectivity index (χ4v) is 3.25. The highest BCUT2D eigenvalue weighted by Gasteiger charge is 2.08. The molecule has 28 heavy (non-hydrogen) atoms. The first kappa shape index (κ1) is 21.7. The molecule has 0 fully saturated rings. The SMILES string of the molecule is CCCCCCCCCCc1ccc(C=CC(=O)c2ccc(O)cc2O)cc1. The number of allylic oxidation sites excluding steroid dienone is 1. The molecule has 2 rings (SSSR count). The Balaban J connectivity index is 1.74. The summed E-state index contributed by atoms with van der Waals surface area (Å²) in [6.45, 7) is 2.25. The molecule has 0 saturated heterocycles. The van der Waals surface area contributed by atoms with E-state index in [0.717, 1.165) is 12.0 Å². The van der Waals surface area contributed by atoms with E-state index in [1.165, 1.54) is 81.2 Å². The van der Waals surface area contributed by atoms with E-state index in [9.17, 15) is 15.0 Å². The van der Waals surface area contributed by atoms with E-state index in [2.05, 4.69) is 19.1 Å². The van der Waals surface area contributed by atoms with Gasteiger partial charge in [-0.25, -0.2) is 0 Å². The fourth-order valence-electron chi connectivity index (χ4n) is 3.25. The molecule has 0 aromatic heterocycles. The summed E-state index contributed by atoms with van der Waals surface area (Å²) in [7, 11) is 0. The Labute approximate surface area is 168 Å². The molecule has 3 heteroatoms. The van der Waals surface area contributed by atoms with Gasteiger partial charge in [0.05, 0.1) is 5.56 Å². The fraction of sp³-hybridized carbons (Fsp3) is 0.400. The smallest absolute Gasteiger partial charge is 0.189 e. The van der Waals surface area contributed by atoms with E-state index < -0.39 is 0 Å². The number of phenols is 2. The number of aryl methyl sites for hydroxylation is 1. The minimum Gasteiger partial charge on any atom is -0.508 e. The standard InChI is InChI=1S/C25H32O3/c1-2-3-4-5-6-7-8-9-10-20-11-13-21(14-12-20)15-18-24(27)23-17-16-22(26)19-25(23)28/h11-19,26,28H,2-10H2,1H3. The maximum atomic E-state index is 12.2. The first-order valence-electron chi connectivity index (χ1n) is 10.4. The number of ketones is 1. The van der Waals surface area contributed by atoms with Crippen LogP contribution in [-0.4, -0.2) is 16.0 Å². The molecule has 0 atom stereocenters. The van der Waals surface area contributed by atoms with Gasteiger partial charge in [-0.3, -0.25) is 4.79 Å². The van der Waals surface area contributed by atoms with Crippen molar-refractivity contribution >= 4 is 11.9 Å². The van der Waals surface area contributed by atoms with E-state index >= 15 is 0 Å². The third kappa shape index (κ3) is 7.59. The normalized spacial score (nSPS) is 11.2. The molecule has 0 spiro atoms. The molecular formula is C25H32O3. The Morgan fingerprint density at radius 2 is 1.50 bits per heavy atom. The van der Waals surface area contributed by atoms with Crippen molar-refractivity contribution in [2.24, 2.45) is 0 Å². The van der Waals surface area contributed by atoms with E-state index in [1.54, 1.807) is 6.08 Å². The average molecular weight is 381 g/mol. The van der Waals surface area contributed by atoms with Crippen LogP contribution in [0.15, 0.2) is 48.5 Å². The summed E-state index contributed by atoms with van der Waals surface area (Å²) in [6.07, 6.45) is 14.9. The molecule has 0 heterocycles. The summed E-state index contributed by atoms with van der Waals surface area (Å²) >= 11 is 0. The number of phenolic OH excluding ortho intramolecular Hbond substituents is 2. The zero-order chi connectivity index (χ0) is 20.2. The van der Waals surface area contributed by atoms with Crippen LogP contribution in [0.1, 0.15) is 79.8 Å². The second kappa shape index (κ2) is 12.0. The monoisotopic (exact) mass is 380 g/mol. The molecule has 0 aliphatic rings. The van der Waals surface area contributed by atoms with Crippen LogP contribution in [0.5, 0.6) is 11.5 Å². The van der Waals surface area contributed by atoms with Crippen molar-refractivity contribution in [2.45, 2.75) is 64.7 Å². The Kier molecular flexibility index (Phi) is 9.33. The maximum Gasteiger partial charge on any atom is 0.189 e. The molecule has 0 aliphatic heterocycles. The molecule has 0 radical (unpaired) electrons. The lowest BCUT2D eigenvalue weighted by Gasteiger charge is -2.04. The van der Waals surface area contributed by atoms with Gasteiger partial charge in [-0.05, 0) is 42.2 Å². The number of rotatable bonds is 12. The second-order valence-corrected chi connectivity index (χ2v) is 7.37. The van der Waals surface area contributed by atoms with Gasteiger partial charge in [0.25, 0.3) is 0 Å². The first-order valence-corrected chi connectivity index (χ1v) is 10.4. The van der Waals surface area contributed by atoms with Crippen LogP contribution in [0.4, 0.5) is 0 Å². The van der Waals surface area contributed by atoms with Crippen LogP contribution < -0.4 is 0 Å². The molecular weight excluding hydrogens is 348 g/mol. The maximum absolute atomic E-state index is 12.2. The minimum atomic E-state index is -0.291. The van der Waals surface area contributed by atoms with E-state index in [4.69, 9.17) is 0 Å². The highest BCUT2D eigenvalue weighted by atomic mass is 16.3. The average Bonchev–Trinajstić information content (AvgIpc) is 2.69. The van der Waals surface area contributed by atoms with Gasteiger partial charge in [-0.1, -0.05) is 82.2 Å². The van der Waals surface area contributed by atoms with Crippen molar-refractivity contribution in [3.8, 4) is 11.5 Å². The summed E-state index contributed by atoms with van der Waals surface area (Å²) in [5.74, 6) is -0.569. The molecule has 0 aliphatic carbocycles. The zero-order valence-corrected chi connectivity index (χ0v) is 16.9. The molecule has 2 aromatic rings. The van der Waals surface area contributed by atoms with E-state index in [1.807, 2.05) is 12.1 Å². The Morgan fingerprint density at radius 3 is 2.14 bits per heavy atom. The van der Waals surface area contributed by atoms with Crippen molar-refractivity contribution in [3.05, 3.63) is 65.2 Å². The second-order valence-electron chi connectivity index (χ2n) is 7.37. The quantitative estimate of drug-likeness (QED) is 0.245. The van der Waals surface area contributed by atoms with Crippen molar-refractivity contribution in [1.82, 2.24) is 0 Å². The Hall–Kier alpha value is -2.55. The number of hydrogen-bond acceptors (Lipinski definition) is 3. The summed E-state index contributed by atoms with van der Waals surface area (Å²) in [4.78, 5) is 12.2. The zero-order valence-electron chi connectivity index (χ0n) is 16.9. The lowest BCUT2D eigenvalue weighted by Crippen LogP contribution is -1.94. The van der Waals surface area contributed by atoms with E-state index in [-0.39, 0.29) is 22.8 Å². The summed E-state index contributed by atoms with van der Waals surface area (Å²) in [5, 5.41) is 19.1. The van der Waals surface area contributed by atoms with Crippen molar-refractivity contribution < 1.29 is 15.0 Å². The van der Waals surface area contributed by atoms with Crippen molar-refractivity contribution in [2.75, 3.05) is 0 Å². The van der Waals surface area contributed by atoms with Crippen molar-refractivity contribution in [3.63, 3.8) is 0 Å². The van der Waals surface area contributed by atoms with Crippen molar-refractivity contribution in [1.29, 1.82) is 0 Å². The van der Waals surface area contributed by atoms with Crippen LogP contribution in [-0.2, 0) is 6.42 Å². The Morgan fingerprint density at radius 1 is 0.857 bits per heavy atom. The van der Waals surface area contributed by atoms with Gasteiger partial charge >= 0.3 is 0 Å². The molecule has 0 bridgehead atoms. The third-order valence-electron chi connectivity index (χ3n) is 4.97. The van der Waals surface area contributed by atoms with E-state index in [0.29, 0.717) is 0 Å². The van der Waals surface area contributed by atoms with Gasteiger partial charge in [0.1, 0.15) is 11.5 Å². The van der Waals surface area contributed by atoms with Gasteiger partial charge in [0.2, 0.25) is 0 Å². The van der Waals surface area contributed by atoms with Crippen LogP contribution in [0, 0.1) is 0 Å². The Bertz CT molecular complexity index is 760. The highest BCUT2D eigenvalue weighted by molar-refractivity contribution is 6.08. The topological polar surface area (TPSA) is 57.5 Å². The predicted octanol–water partition coefficient (Wildman–Crippen LogP) is 6.68. The van der Waals surface area contributed by atoms with Gasteiger partial charge in [-0.2, -0.15) is 0 Å². The van der Waals surface area contributed by atoms with Crippen LogP contribution in [0.25, 0.3) is 6.08 Å². The summed E-state index contributed by atoms with van der Waals surface area (Å²) in [6, 6.07) is 12.2. The lowest BCUT2D eigenvalue weighted by molar-refractivity contribution is 0.104. The first-order chi connectivity index (χ1) is 13.6. The van der Waals surface area contributed by atoms with Gasteiger partial charge in [0.15, 0.2) is 5.78 Å². The number of carbonyl (C=O) groups is 1. The number of carbonyl (C=O) groups excluding carboxylic acids is 1. The number of hydrogen-bond donors (Lipinski definition) is 2. The predicted molar refractivity (Wildman–Crippen MR) is 116 cm³/mol. The molecule has 0 saturated carbocycles. The minimum absolute atomic E-state index is 0.0647. The molecule has 2 N–H and O–H groups in total. The van der Waals surface area contributed by atoms with Gasteiger partial charge in [0, 0.05) is 6.07 Å². The van der Waals surface area contributed by atoms with Crippen LogP contribution in [0.3, 0.4) is 0 Å². The van der Waals surface area contributed by atoms with Gasteiger partial charge in [-0.15, -0.1) is 0 Å². The molecule has 3 nitrogen and oxygen atoms in total. The number of unbranched alkanes of at least 4 members (excludes halogenated alkanes) is 7. The number of benzene rings is 2. The number of aromatic hydroxyl groups is 2. The largest absolute Gasteiger partial charge is 0.508 e. The summed E-state index contributed by atoms with van der Waals surface area (Å²) < 4.78 is 0. The summed E-state index contributed by atoms with van der Waals surface area (Å²) in [5.41, 5.74) is 2.46. The van der Waals surface area contributed by atoms with Gasteiger partial charge < -0.3 is 10.2 Å². The van der Waals surface area contributed by atoms with Crippen LogP contribution >= 0.6 is 0 Å². The molecule has 0 amide bonds. The highest BCUT2D eigenvalue weighted by Crippen LogP contribution is 2.23. The lowest BCUT2D eigenvalue weighted by atomic mass is 10.0. The molecule has 2 aromatic carbocycles. The van der Waals surface area contributed by atoms with Crippen LogP contribution in [0.2, 0.25) is 0 Å². The molecule has 0 unspecified atom stereocenters. The molecule has 150 valence electrons. The third-order valence-corrected chi connectivity index (χ3v) is 4.97.